The second-order valence-electron chi connectivity index (χ2n) is 4.83. The van der Waals surface area contributed by atoms with Gasteiger partial charge in [-0.2, -0.15) is 0 Å². The first kappa shape index (κ1) is 13.2. The summed E-state index contributed by atoms with van der Waals surface area (Å²) in [6.45, 7) is 0.0722. The van der Waals surface area contributed by atoms with E-state index in [2.05, 4.69) is 5.32 Å². The Hall–Kier alpha value is -2.24. The summed E-state index contributed by atoms with van der Waals surface area (Å²) in [7, 11) is 0. The Balaban J connectivity index is 2.01. The van der Waals surface area contributed by atoms with Gasteiger partial charge in [-0.3, -0.25) is 9.59 Å². The van der Waals surface area contributed by atoms with E-state index in [9.17, 15) is 14.7 Å². The highest BCUT2D eigenvalue weighted by atomic mass is 16.4. The summed E-state index contributed by atoms with van der Waals surface area (Å²) in [4.78, 5) is 22.9. The molecule has 1 aromatic carbocycles. The molecule has 6 heteroatoms. The van der Waals surface area contributed by atoms with E-state index in [0.29, 0.717) is 12.8 Å². The van der Waals surface area contributed by atoms with Crippen LogP contribution in [0.25, 0.3) is 0 Å². The van der Waals surface area contributed by atoms with Crippen LogP contribution in [0.5, 0.6) is 11.5 Å². The fraction of sp³-hybridized carbons (Fsp3) is 0.385. The van der Waals surface area contributed by atoms with E-state index in [1.54, 1.807) is 0 Å². The van der Waals surface area contributed by atoms with Crippen LogP contribution < -0.4 is 5.32 Å². The van der Waals surface area contributed by atoms with Gasteiger partial charge in [-0.25, -0.2) is 0 Å². The van der Waals surface area contributed by atoms with Gasteiger partial charge < -0.3 is 20.6 Å². The van der Waals surface area contributed by atoms with E-state index in [-0.39, 0.29) is 23.6 Å². The molecule has 1 fully saturated rings. The quantitative estimate of drug-likeness (QED) is 0.609. The van der Waals surface area contributed by atoms with Crippen LogP contribution in [-0.2, 0) is 4.79 Å². The number of carboxylic acids is 1. The first-order valence-corrected chi connectivity index (χ1v) is 5.98. The van der Waals surface area contributed by atoms with Gasteiger partial charge in [-0.15, -0.1) is 0 Å². The summed E-state index contributed by atoms with van der Waals surface area (Å²) >= 11 is 0. The molecule has 0 heterocycles. The number of amides is 1. The number of carboxylic acid groups (broad SMARTS) is 1. The van der Waals surface area contributed by atoms with Crippen molar-refractivity contribution < 1.29 is 24.9 Å². The largest absolute Gasteiger partial charge is 0.504 e. The maximum absolute atomic E-state index is 11.8. The molecule has 102 valence electrons. The molecule has 0 spiro atoms. The van der Waals surface area contributed by atoms with Crippen LogP contribution in [0.15, 0.2) is 18.2 Å². The summed E-state index contributed by atoms with van der Waals surface area (Å²) in [6.07, 6.45) is 1.97. The molecule has 1 saturated carbocycles. The minimum Gasteiger partial charge on any atom is -0.504 e. The first-order chi connectivity index (χ1) is 8.94. The lowest BCUT2D eigenvalue weighted by molar-refractivity contribution is -0.153. The lowest BCUT2D eigenvalue weighted by Gasteiger charge is -2.37. The van der Waals surface area contributed by atoms with E-state index in [0.717, 1.165) is 12.5 Å². The van der Waals surface area contributed by atoms with Gasteiger partial charge in [0.2, 0.25) is 0 Å². The zero-order valence-electron chi connectivity index (χ0n) is 10.2. The summed E-state index contributed by atoms with van der Waals surface area (Å²) in [5, 5.41) is 30.1. The average molecular weight is 265 g/mol. The fourth-order valence-electron chi connectivity index (χ4n) is 2.09. The Kier molecular flexibility index (Phi) is 3.33. The van der Waals surface area contributed by atoms with Crippen LogP contribution in [0.4, 0.5) is 0 Å². The summed E-state index contributed by atoms with van der Waals surface area (Å²) in [5.41, 5.74) is -0.676. The number of nitrogens with one attached hydrogen (secondary N) is 1. The van der Waals surface area contributed by atoms with Crippen molar-refractivity contribution in [2.45, 2.75) is 19.3 Å². The van der Waals surface area contributed by atoms with Crippen LogP contribution in [0, 0.1) is 5.41 Å². The number of rotatable bonds is 4. The standard InChI is InChI=1S/C13H15NO5/c15-9-3-2-8(6-10(9)16)11(17)14-7-13(12(18)19)4-1-5-13/h2-3,6,15-16H,1,4-5,7H2,(H,14,17)(H,18,19). The molecule has 0 unspecified atom stereocenters. The Morgan fingerprint density at radius 2 is 1.89 bits per heavy atom. The van der Waals surface area contributed by atoms with E-state index in [4.69, 9.17) is 10.2 Å². The number of hydrogen-bond donors (Lipinski definition) is 4. The molecule has 4 N–H and O–H groups in total. The van der Waals surface area contributed by atoms with E-state index < -0.39 is 17.3 Å². The summed E-state index contributed by atoms with van der Waals surface area (Å²) in [5.74, 6) is -2.06. The zero-order valence-corrected chi connectivity index (χ0v) is 10.2. The predicted octanol–water partition coefficient (Wildman–Crippen LogP) is 1.08. The molecule has 0 aromatic heterocycles. The molecule has 6 nitrogen and oxygen atoms in total. The van der Waals surface area contributed by atoms with E-state index in [1.165, 1.54) is 12.1 Å². The third kappa shape index (κ3) is 2.47. The lowest BCUT2D eigenvalue weighted by Crippen LogP contribution is -2.47. The molecule has 0 radical (unpaired) electrons. The number of benzene rings is 1. The molecule has 0 bridgehead atoms. The van der Waals surface area contributed by atoms with Crippen molar-refractivity contribution in [1.29, 1.82) is 0 Å². The molecule has 0 atom stereocenters. The van der Waals surface area contributed by atoms with Crippen molar-refractivity contribution in [3.63, 3.8) is 0 Å². The number of carbonyl (C=O) groups is 2. The number of hydrogen-bond acceptors (Lipinski definition) is 4. The molecular formula is C13H15NO5. The maximum atomic E-state index is 11.8. The second-order valence-corrected chi connectivity index (χ2v) is 4.83. The summed E-state index contributed by atoms with van der Waals surface area (Å²) < 4.78 is 0. The van der Waals surface area contributed by atoms with Gasteiger partial charge in [0.05, 0.1) is 5.41 Å². The van der Waals surface area contributed by atoms with Crippen LogP contribution in [0.2, 0.25) is 0 Å². The second kappa shape index (κ2) is 4.79. The van der Waals surface area contributed by atoms with Gasteiger partial charge in [0.1, 0.15) is 0 Å². The van der Waals surface area contributed by atoms with Gasteiger partial charge in [-0.1, -0.05) is 6.42 Å². The highest BCUT2D eigenvalue weighted by molar-refractivity contribution is 5.95. The van der Waals surface area contributed by atoms with Crippen molar-refractivity contribution in [2.75, 3.05) is 6.54 Å². The van der Waals surface area contributed by atoms with Crippen LogP contribution in [0.1, 0.15) is 29.6 Å². The molecular weight excluding hydrogens is 250 g/mol. The summed E-state index contributed by atoms with van der Waals surface area (Å²) in [6, 6.07) is 3.71. The minimum absolute atomic E-state index is 0.0722. The van der Waals surface area contributed by atoms with E-state index >= 15 is 0 Å². The van der Waals surface area contributed by atoms with Crippen molar-refractivity contribution in [3.05, 3.63) is 23.8 Å². The number of aliphatic carboxylic acids is 1. The highest BCUT2D eigenvalue weighted by Crippen LogP contribution is 2.40. The first-order valence-electron chi connectivity index (χ1n) is 5.98. The monoisotopic (exact) mass is 265 g/mol. The molecule has 1 amide bonds. The zero-order chi connectivity index (χ0) is 14.0. The van der Waals surface area contributed by atoms with Crippen LogP contribution >= 0.6 is 0 Å². The number of phenolic OH excluding ortho intramolecular Hbond substituents is 2. The van der Waals surface area contributed by atoms with Crippen molar-refractivity contribution in [3.8, 4) is 11.5 Å². The molecule has 1 aromatic rings. The van der Waals surface area contributed by atoms with Gasteiger partial charge in [0.25, 0.3) is 5.91 Å². The number of phenols is 2. The SMILES string of the molecule is O=C(NCC1(C(=O)O)CCC1)c1ccc(O)c(O)c1. The topological polar surface area (TPSA) is 107 Å². The molecule has 2 rings (SSSR count). The van der Waals surface area contributed by atoms with Crippen molar-refractivity contribution in [2.24, 2.45) is 5.41 Å². The molecule has 0 saturated heterocycles. The molecule has 19 heavy (non-hydrogen) atoms. The average Bonchev–Trinajstić information content (AvgIpc) is 2.30. The maximum Gasteiger partial charge on any atom is 0.311 e. The van der Waals surface area contributed by atoms with Crippen LogP contribution in [0.3, 0.4) is 0 Å². The van der Waals surface area contributed by atoms with Gasteiger partial charge in [0.15, 0.2) is 11.5 Å². The van der Waals surface area contributed by atoms with Gasteiger partial charge in [0, 0.05) is 12.1 Å². The molecule has 1 aliphatic carbocycles. The third-order valence-electron chi connectivity index (χ3n) is 3.59. The normalized spacial score (nSPS) is 16.4. The Morgan fingerprint density at radius 3 is 2.37 bits per heavy atom. The van der Waals surface area contributed by atoms with E-state index in [1.807, 2.05) is 0 Å². The Bertz CT molecular complexity index is 522. The highest BCUT2D eigenvalue weighted by Gasteiger charge is 2.44. The lowest BCUT2D eigenvalue weighted by atomic mass is 9.69. The smallest absolute Gasteiger partial charge is 0.311 e. The van der Waals surface area contributed by atoms with Crippen LogP contribution in [-0.4, -0.2) is 33.7 Å². The third-order valence-corrected chi connectivity index (χ3v) is 3.59. The number of aromatic hydroxyl groups is 2. The molecule has 0 aliphatic heterocycles. The van der Waals surface area contributed by atoms with Gasteiger partial charge >= 0.3 is 5.97 Å². The van der Waals surface area contributed by atoms with Crippen molar-refractivity contribution >= 4 is 11.9 Å². The van der Waals surface area contributed by atoms with Gasteiger partial charge in [-0.05, 0) is 31.0 Å². The van der Waals surface area contributed by atoms with Crippen molar-refractivity contribution in [1.82, 2.24) is 5.32 Å². The predicted molar refractivity (Wildman–Crippen MR) is 66.0 cm³/mol. The minimum atomic E-state index is -0.896. The fourth-order valence-corrected chi connectivity index (χ4v) is 2.09. The molecule has 1 aliphatic rings. The Labute approximate surface area is 109 Å². The number of carbonyl (C=O) groups excluding carboxylic acids is 1. The Morgan fingerprint density at radius 1 is 1.21 bits per heavy atom.